The van der Waals surface area contributed by atoms with E-state index in [9.17, 15) is 4.79 Å². The predicted octanol–water partition coefficient (Wildman–Crippen LogP) is 2.70. The first kappa shape index (κ1) is 13.8. The molecule has 2 aromatic rings. The molecule has 0 aromatic heterocycles. The largest absolute Gasteiger partial charge is 0.343 e. The number of rotatable bonds is 3. The van der Waals surface area contributed by atoms with Crippen molar-refractivity contribution in [1.29, 1.82) is 0 Å². The lowest BCUT2D eigenvalue weighted by atomic mass is 10.0. The highest BCUT2D eigenvalue weighted by molar-refractivity contribution is 5.83. The van der Waals surface area contributed by atoms with Gasteiger partial charge in [0.25, 0.3) is 0 Å². The van der Waals surface area contributed by atoms with Gasteiger partial charge in [-0.2, -0.15) is 0 Å². The first-order valence-electron chi connectivity index (χ1n) is 7.33. The van der Waals surface area contributed by atoms with Crippen LogP contribution in [0.5, 0.6) is 0 Å². The zero-order chi connectivity index (χ0) is 14.7. The minimum absolute atomic E-state index is 0.176. The number of nitrogens with zero attached hydrogens (tertiary/aromatic N) is 2. The fraction of sp³-hybridized carbons (Fsp3) is 0.278. The van der Waals surface area contributed by atoms with Crippen molar-refractivity contribution in [1.82, 2.24) is 9.80 Å². The molecular formula is C18H20N2O. The van der Waals surface area contributed by atoms with Crippen LogP contribution < -0.4 is 0 Å². The Hall–Kier alpha value is -2.13. The third kappa shape index (κ3) is 2.98. The molecule has 1 saturated heterocycles. The molecule has 0 bridgehead atoms. The predicted molar refractivity (Wildman–Crippen MR) is 83.7 cm³/mol. The van der Waals surface area contributed by atoms with Crippen LogP contribution in [0.1, 0.15) is 17.2 Å². The van der Waals surface area contributed by atoms with Gasteiger partial charge in [-0.3, -0.25) is 9.69 Å². The van der Waals surface area contributed by atoms with Crippen LogP contribution in [0.4, 0.5) is 0 Å². The zero-order valence-corrected chi connectivity index (χ0v) is 12.3. The highest BCUT2D eigenvalue weighted by Gasteiger charge is 2.33. The highest BCUT2D eigenvalue weighted by atomic mass is 16.2. The second-order valence-electron chi connectivity index (χ2n) is 5.53. The Morgan fingerprint density at radius 3 is 2.24 bits per heavy atom. The van der Waals surface area contributed by atoms with E-state index in [0.29, 0.717) is 0 Å². The number of piperazine rings is 1. The lowest BCUT2D eigenvalue weighted by Crippen LogP contribution is -2.50. The zero-order valence-electron chi connectivity index (χ0n) is 12.3. The van der Waals surface area contributed by atoms with E-state index in [2.05, 4.69) is 17.0 Å². The fourth-order valence-electron chi connectivity index (χ4n) is 2.86. The summed E-state index contributed by atoms with van der Waals surface area (Å²) >= 11 is 0. The minimum Gasteiger partial charge on any atom is -0.343 e. The summed E-state index contributed by atoms with van der Waals surface area (Å²) in [6.45, 7) is 2.49. The van der Waals surface area contributed by atoms with Gasteiger partial charge in [0.1, 0.15) is 6.04 Å². The van der Waals surface area contributed by atoms with Gasteiger partial charge in [-0.15, -0.1) is 0 Å². The van der Waals surface area contributed by atoms with E-state index < -0.39 is 0 Å². The number of carbonyl (C=O) groups excluding carboxylic acids is 1. The summed E-state index contributed by atoms with van der Waals surface area (Å²) in [5, 5.41) is 0. The standard InChI is InChI=1S/C18H20N2O/c1-19-12-13-20(14-15-8-4-2-5-9-15)17(18(19)21)16-10-6-3-7-11-16/h2-11,17H,12-14H2,1H3. The summed E-state index contributed by atoms with van der Waals surface area (Å²) in [4.78, 5) is 16.7. The van der Waals surface area contributed by atoms with E-state index in [1.807, 2.05) is 60.5 Å². The van der Waals surface area contributed by atoms with E-state index in [0.717, 1.165) is 25.2 Å². The second kappa shape index (κ2) is 6.10. The van der Waals surface area contributed by atoms with Gasteiger partial charge in [-0.05, 0) is 11.1 Å². The maximum absolute atomic E-state index is 12.6. The Morgan fingerprint density at radius 1 is 0.952 bits per heavy atom. The quantitative estimate of drug-likeness (QED) is 0.863. The Bertz CT molecular complexity index is 597. The Balaban J connectivity index is 1.88. The maximum atomic E-state index is 12.6. The Kier molecular flexibility index (Phi) is 4.02. The topological polar surface area (TPSA) is 23.6 Å². The van der Waals surface area contributed by atoms with Gasteiger partial charge >= 0.3 is 0 Å². The molecule has 1 atom stereocenters. The Morgan fingerprint density at radius 2 is 1.57 bits per heavy atom. The molecule has 2 aromatic carbocycles. The van der Waals surface area contributed by atoms with Gasteiger partial charge in [0.15, 0.2) is 0 Å². The summed E-state index contributed by atoms with van der Waals surface area (Å²) in [6, 6.07) is 20.2. The van der Waals surface area contributed by atoms with Crippen molar-refractivity contribution in [3.8, 4) is 0 Å². The van der Waals surface area contributed by atoms with Crippen molar-refractivity contribution < 1.29 is 4.79 Å². The summed E-state index contributed by atoms with van der Waals surface area (Å²) < 4.78 is 0. The van der Waals surface area contributed by atoms with E-state index in [1.54, 1.807) is 0 Å². The van der Waals surface area contributed by atoms with E-state index in [1.165, 1.54) is 5.56 Å². The maximum Gasteiger partial charge on any atom is 0.244 e. The molecule has 1 unspecified atom stereocenters. The molecule has 3 heteroatoms. The Labute approximate surface area is 125 Å². The second-order valence-corrected chi connectivity index (χ2v) is 5.53. The van der Waals surface area contributed by atoms with Gasteiger partial charge in [0, 0.05) is 26.7 Å². The minimum atomic E-state index is -0.176. The van der Waals surface area contributed by atoms with Gasteiger partial charge in [-0.1, -0.05) is 60.7 Å². The molecule has 0 radical (unpaired) electrons. The van der Waals surface area contributed by atoms with Crippen LogP contribution in [-0.2, 0) is 11.3 Å². The number of amides is 1. The highest BCUT2D eigenvalue weighted by Crippen LogP contribution is 2.27. The van der Waals surface area contributed by atoms with Gasteiger partial charge in [0.05, 0.1) is 0 Å². The van der Waals surface area contributed by atoms with Crippen molar-refractivity contribution in [3.05, 3.63) is 71.8 Å². The van der Waals surface area contributed by atoms with Gasteiger partial charge in [0.2, 0.25) is 5.91 Å². The van der Waals surface area contributed by atoms with Crippen molar-refractivity contribution in [2.45, 2.75) is 12.6 Å². The van der Waals surface area contributed by atoms with E-state index in [4.69, 9.17) is 0 Å². The molecule has 1 amide bonds. The van der Waals surface area contributed by atoms with Gasteiger partial charge in [-0.25, -0.2) is 0 Å². The molecule has 21 heavy (non-hydrogen) atoms. The molecule has 0 N–H and O–H groups in total. The van der Waals surface area contributed by atoms with Crippen molar-refractivity contribution in [2.24, 2.45) is 0 Å². The SMILES string of the molecule is CN1CCN(Cc2ccccc2)C(c2ccccc2)C1=O. The molecular weight excluding hydrogens is 260 g/mol. The van der Waals surface area contributed by atoms with Crippen molar-refractivity contribution >= 4 is 5.91 Å². The lowest BCUT2D eigenvalue weighted by Gasteiger charge is -2.39. The third-order valence-electron chi connectivity index (χ3n) is 4.04. The molecule has 108 valence electrons. The third-order valence-corrected chi connectivity index (χ3v) is 4.04. The molecule has 1 aliphatic heterocycles. The summed E-state index contributed by atoms with van der Waals surface area (Å²) in [5.74, 6) is 0.184. The monoisotopic (exact) mass is 280 g/mol. The molecule has 0 aliphatic carbocycles. The first-order valence-corrected chi connectivity index (χ1v) is 7.33. The molecule has 3 rings (SSSR count). The number of hydrogen-bond donors (Lipinski definition) is 0. The fourth-order valence-corrected chi connectivity index (χ4v) is 2.86. The van der Waals surface area contributed by atoms with Crippen LogP contribution in [0.25, 0.3) is 0 Å². The van der Waals surface area contributed by atoms with Crippen molar-refractivity contribution in [2.75, 3.05) is 20.1 Å². The molecule has 1 heterocycles. The molecule has 3 nitrogen and oxygen atoms in total. The van der Waals surface area contributed by atoms with E-state index in [-0.39, 0.29) is 11.9 Å². The molecule has 0 spiro atoms. The van der Waals surface area contributed by atoms with Crippen LogP contribution in [0.2, 0.25) is 0 Å². The normalized spacial score (nSPS) is 19.8. The number of likely N-dealkylation sites (N-methyl/N-ethyl adjacent to an activating group) is 1. The smallest absolute Gasteiger partial charge is 0.244 e. The molecule has 0 saturated carbocycles. The summed E-state index contributed by atoms with van der Waals surface area (Å²) in [5.41, 5.74) is 2.32. The van der Waals surface area contributed by atoms with Crippen LogP contribution in [0, 0.1) is 0 Å². The number of carbonyl (C=O) groups is 1. The average Bonchev–Trinajstić information content (AvgIpc) is 2.53. The van der Waals surface area contributed by atoms with E-state index >= 15 is 0 Å². The molecule has 1 fully saturated rings. The average molecular weight is 280 g/mol. The first-order chi connectivity index (χ1) is 10.3. The number of benzene rings is 2. The lowest BCUT2D eigenvalue weighted by molar-refractivity contribution is -0.140. The summed E-state index contributed by atoms with van der Waals surface area (Å²) in [6.07, 6.45) is 0. The van der Waals surface area contributed by atoms with Gasteiger partial charge < -0.3 is 4.90 Å². The molecule has 1 aliphatic rings. The number of hydrogen-bond acceptors (Lipinski definition) is 2. The van der Waals surface area contributed by atoms with Crippen LogP contribution >= 0.6 is 0 Å². The van der Waals surface area contributed by atoms with Crippen molar-refractivity contribution in [3.63, 3.8) is 0 Å². The van der Waals surface area contributed by atoms with Crippen LogP contribution in [0.15, 0.2) is 60.7 Å². The summed E-state index contributed by atoms with van der Waals surface area (Å²) in [7, 11) is 1.89. The van der Waals surface area contributed by atoms with Crippen LogP contribution in [0.3, 0.4) is 0 Å². The van der Waals surface area contributed by atoms with Crippen LogP contribution in [-0.4, -0.2) is 35.8 Å².